The van der Waals surface area contributed by atoms with Crippen LogP contribution in [0.3, 0.4) is 0 Å². The predicted molar refractivity (Wildman–Crippen MR) is 124 cm³/mol. The summed E-state index contributed by atoms with van der Waals surface area (Å²) in [6, 6.07) is -1.32. The third-order valence-corrected chi connectivity index (χ3v) is 6.44. The lowest BCUT2D eigenvalue weighted by Crippen LogP contribution is -2.60. The summed E-state index contributed by atoms with van der Waals surface area (Å²) in [6.07, 6.45) is 4.53. The SMILES string of the molecule is CC[C@H]1CC[C@@H](C(=O)N[C@H](C(=O)N(C)[C@H](C=C(C)C(=O)O)C(C)C)C(C)(C)C)N(C)C1. The van der Waals surface area contributed by atoms with Gasteiger partial charge < -0.3 is 15.3 Å². The molecule has 0 unspecified atom stereocenters. The smallest absolute Gasteiger partial charge is 0.331 e. The Hall–Kier alpha value is -1.89. The molecule has 0 spiro atoms. The zero-order valence-electron chi connectivity index (χ0n) is 20.9. The van der Waals surface area contributed by atoms with Gasteiger partial charge in [0.15, 0.2) is 0 Å². The quantitative estimate of drug-likeness (QED) is 0.570. The fourth-order valence-electron chi connectivity index (χ4n) is 4.22. The van der Waals surface area contributed by atoms with E-state index in [4.69, 9.17) is 0 Å². The second kappa shape index (κ2) is 11.1. The van der Waals surface area contributed by atoms with E-state index in [1.807, 2.05) is 41.7 Å². The van der Waals surface area contributed by atoms with E-state index in [1.54, 1.807) is 18.0 Å². The van der Waals surface area contributed by atoms with Crippen LogP contribution in [0.2, 0.25) is 0 Å². The molecule has 1 heterocycles. The first-order valence-electron chi connectivity index (χ1n) is 11.4. The summed E-state index contributed by atoms with van der Waals surface area (Å²) in [7, 11) is 3.66. The van der Waals surface area contributed by atoms with Gasteiger partial charge in [-0.2, -0.15) is 0 Å². The number of nitrogens with zero attached hydrogens (tertiary/aromatic N) is 2. The molecule has 1 rings (SSSR count). The van der Waals surface area contributed by atoms with Crippen LogP contribution in [0.15, 0.2) is 11.6 Å². The molecule has 7 heteroatoms. The molecule has 0 aromatic heterocycles. The normalized spacial score (nSPS) is 22.7. The molecule has 1 fully saturated rings. The molecule has 1 aliphatic rings. The average molecular weight is 438 g/mol. The lowest BCUT2D eigenvalue weighted by Gasteiger charge is -2.40. The minimum Gasteiger partial charge on any atom is -0.478 e. The van der Waals surface area contributed by atoms with Crippen LogP contribution < -0.4 is 5.32 Å². The van der Waals surface area contributed by atoms with Crippen molar-refractivity contribution in [2.45, 2.75) is 85.9 Å². The number of likely N-dealkylation sites (N-methyl/N-ethyl adjacent to an activating group) is 2. The van der Waals surface area contributed by atoms with Crippen molar-refractivity contribution in [3.63, 3.8) is 0 Å². The molecule has 0 aliphatic carbocycles. The number of amides is 2. The molecule has 31 heavy (non-hydrogen) atoms. The fourth-order valence-corrected chi connectivity index (χ4v) is 4.22. The molecule has 0 saturated carbocycles. The number of carbonyl (C=O) groups is 3. The van der Waals surface area contributed by atoms with Gasteiger partial charge in [-0.3, -0.25) is 14.5 Å². The van der Waals surface area contributed by atoms with Crippen molar-refractivity contribution < 1.29 is 19.5 Å². The molecule has 1 aliphatic heterocycles. The molecule has 4 atom stereocenters. The number of carbonyl (C=O) groups excluding carboxylic acids is 2. The predicted octanol–water partition coefficient (Wildman–Crippen LogP) is 3.15. The van der Waals surface area contributed by atoms with E-state index < -0.39 is 17.4 Å². The molecule has 1 saturated heterocycles. The number of nitrogens with one attached hydrogen (secondary N) is 1. The van der Waals surface area contributed by atoms with E-state index in [-0.39, 0.29) is 35.4 Å². The maximum atomic E-state index is 13.5. The zero-order valence-corrected chi connectivity index (χ0v) is 20.9. The van der Waals surface area contributed by atoms with E-state index in [0.717, 1.165) is 25.8 Å². The van der Waals surface area contributed by atoms with Gasteiger partial charge in [-0.1, -0.05) is 54.0 Å². The second-order valence-corrected chi connectivity index (χ2v) is 10.5. The highest BCUT2D eigenvalue weighted by Gasteiger charge is 2.39. The van der Waals surface area contributed by atoms with E-state index in [0.29, 0.717) is 5.92 Å². The minimum atomic E-state index is -1.00. The molecule has 0 bridgehead atoms. The Labute approximate surface area is 188 Å². The Morgan fingerprint density at radius 1 is 1.23 bits per heavy atom. The van der Waals surface area contributed by atoms with Gasteiger partial charge in [0.05, 0.1) is 12.1 Å². The summed E-state index contributed by atoms with van der Waals surface area (Å²) in [6.45, 7) is 14.3. The van der Waals surface area contributed by atoms with Gasteiger partial charge in [-0.25, -0.2) is 4.79 Å². The number of carboxylic acid groups (broad SMARTS) is 1. The number of hydrogen-bond donors (Lipinski definition) is 2. The van der Waals surface area contributed by atoms with Crippen LogP contribution in [0, 0.1) is 17.3 Å². The maximum Gasteiger partial charge on any atom is 0.331 e. The molecule has 178 valence electrons. The summed E-state index contributed by atoms with van der Waals surface area (Å²) in [4.78, 5) is 41.6. The van der Waals surface area contributed by atoms with Gasteiger partial charge >= 0.3 is 5.97 Å². The molecule has 7 nitrogen and oxygen atoms in total. The number of aliphatic carboxylic acids is 1. The summed E-state index contributed by atoms with van der Waals surface area (Å²) in [5.41, 5.74) is -0.295. The van der Waals surface area contributed by atoms with Gasteiger partial charge in [0.2, 0.25) is 11.8 Å². The van der Waals surface area contributed by atoms with E-state index in [9.17, 15) is 19.5 Å². The molecule has 0 aromatic carbocycles. The summed E-state index contributed by atoms with van der Waals surface area (Å²) >= 11 is 0. The van der Waals surface area contributed by atoms with Gasteiger partial charge in [0.1, 0.15) is 6.04 Å². The van der Waals surface area contributed by atoms with Crippen molar-refractivity contribution in [2.75, 3.05) is 20.6 Å². The number of likely N-dealkylation sites (tertiary alicyclic amines) is 1. The third kappa shape index (κ3) is 7.34. The van der Waals surface area contributed by atoms with Crippen molar-refractivity contribution in [3.05, 3.63) is 11.6 Å². The van der Waals surface area contributed by atoms with Crippen LogP contribution in [0.5, 0.6) is 0 Å². The first-order valence-corrected chi connectivity index (χ1v) is 11.4. The van der Waals surface area contributed by atoms with Crippen LogP contribution in [-0.2, 0) is 14.4 Å². The van der Waals surface area contributed by atoms with Crippen LogP contribution in [0.25, 0.3) is 0 Å². The van der Waals surface area contributed by atoms with Crippen molar-refractivity contribution >= 4 is 17.8 Å². The Morgan fingerprint density at radius 3 is 2.23 bits per heavy atom. The Bertz CT molecular complexity index is 681. The lowest BCUT2D eigenvalue weighted by atomic mass is 9.84. The zero-order chi connectivity index (χ0) is 24.1. The first-order chi connectivity index (χ1) is 14.2. The molecule has 2 amide bonds. The molecule has 0 radical (unpaired) electrons. The highest BCUT2D eigenvalue weighted by molar-refractivity contribution is 5.91. The second-order valence-electron chi connectivity index (χ2n) is 10.5. The van der Waals surface area contributed by atoms with Crippen LogP contribution in [0.4, 0.5) is 0 Å². The van der Waals surface area contributed by atoms with E-state index in [1.165, 1.54) is 6.92 Å². The van der Waals surface area contributed by atoms with Crippen LogP contribution >= 0.6 is 0 Å². The standard InChI is InChI=1S/C24H43N3O4/c1-10-17-11-12-18(26(8)14-17)21(28)25-20(24(5,6)7)22(29)27(9)19(15(2)3)13-16(4)23(30)31/h13,15,17-20H,10-12,14H2,1-9H3,(H,25,28)(H,30,31)/t17-,18-,19+,20+/m0/s1. The largest absolute Gasteiger partial charge is 0.478 e. The highest BCUT2D eigenvalue weighted by atomic mass is 16.4. The number of rotatable bonds is 8. The monoisotopic (exact) mass is 437 g/mol. The van der Waals surface area contributed by atoms with Crippen LogP contribution in [-0.4, -0.2) is 71.5 Å². The van der Waals surface area contributed by atoms with Crippen molar-refractivity contribution in [3.8, 4) is 0 Å². The summed E-state index contributed by atoms with van der Waals surface area (Å²) in [5, 5.41) is 12.3. The lowest BCUT2D eigenvalue weighted by molar-refractivity contribution is -0.141. The highest BCUT2D eigenvalue weighted by Crippen LogP contribution is 2.26. The van der Waals surface area contributed by atoms with E-state index >= 15 is 0 Å². The van der Waals surface area contributed by atoms with Crippen molar-refractivity contribution in [2.24, 2.45) is 17.3 Å². The Kier molecular flexibility index (Phi) is 9.73. The van der Waals surface area contributed by atoms with Crippen molar-refractivity contribution in [1.29, 1.82) is 0 Å². The van der Waals surface area contributed by atoms with Crippen LogP contribution in [0.1, 0.15) is 67.7 Å². The topological polar surface area (TPSA) is 90.0 Å². The van der Waals surface area contributed by atoms with Crippen molar-refractivity contribution in [1.82, 2.24) is 15.1 Å². The minimum absolute atomic E-state index is 0.0232. The summed E-state index contributed by atoms with van der Waals surface area (Å²) < 4.78 is 0. The Balaban J connectivity index is 3.08. The molecule has 2 N–H and O–H groups in total. The maximum absolute atomic E-state index is 13.5. The summed E-state index contributed by atoms with van der Waals surface area (Å²) in [5.74, 6) is -0.694. The number of piperidine rings is 1. The Morgan fingerprint density at radius 2 is 1.81 bits per heavy atom. The first kappa shape index (κ1) is 27.1. The third-order valence-electron chi connectivity index (χ3n) is 6.44. The molecular formula is C24H43N3O4. The van der Waals surface area contributed by atoms with Gasteiger partial charge in [0.25, 0.3) is 0 Å². The fraction of sp³-hybridized carbons (Fsp3) is 0.792. The van der Waals surface area contributed by atoms with Gasteiger partial charge in [-0.15, -0.1) is 0 Å². The molecular weight excluding hydrogens is 394 g/mol. The number of hydrogen-bond acceptors (Lipinski definition) is 4. The van der Waals surface area contributed by atoms with Gasteiger partial charge in [0, 0.05) is 19.2 Å². The van der Waals surface area contributed by atoms with E-state index in [2.05, 4.69) is 17.1 Å². The average Bonchev–Trinajstić information content (AvgIpc) is 2.67. The molecule has 0 aromatic rings. The number of carboxylic acids is 1. The van der Waals surface area contributed by atoms with Gasteiger partial charge in [-0.05, 0) is 44.1 Å².